The molecule has 6 heteroatoms. The topological polar surface area (TPSA) is 98.3 Å². The van der Waals surface area contributed by atoms with Crippen LogP contribution in [0.3, 0.4) is 0 Å². The fourth-order valence-electron chi connectivity index (χ4n) is 2.14. The summed E-state index contributed by atoms with van der Waals surface area (Å²) in [6.07, 6.45) is 1.95. The molecule has 0 fully saturated rings. The van der Waals surface area contributed by atoms with Crippen LogP contribution in [0.15, 0.2) is 18.2 Å². The van der Waals surface area contributed by atoms with Crippen LogP contribution in [0.25, 0.3) is 0 Å². The molecular formula is C15H23N3O3. The van der Waals surface area contributed by atoms with E-state index in [9.17, 15) is 14.9 Å². The largest absolute Gasteiger partial charge is 0.330 e. The van der Waals surface area contributed by atoms with Crippen molar-refractivity contribution in [2.24, 2.45) is 11.1 Å². The summed E-state index contributed by atoms with van der Waals surface area (Å²) >= 11 is 0. The predicted octanol–water partition coefficient (Wildman–Crippen LogP) is 3.00. The van der Waals surface area contributed by atoms with Gasteiger partial charge in [0.1, 0.15) is 0 Å². The molecule has 1 rings (SSSR count). The first-order valence-corrected chi connectivity index (χ1v) is 7.01. The van der Waals surface area contributed by atoms with Crippen molar-refractivity contribution in [3.05, 3.63) is 33.9 Å². The second-order valence-corrected chi connectivity index (χ2v) is 5.96. The third-order valence-electron chi connectivity index (χ3n) is 3.63. The molecule has 0 saturated carbocycles. The Morgan fingerprint density at radius 1 is 1.38 bits per heavy atom. The summed E-state index contributed by atoms with van der Waals surface area (Å²) in [5, 5.41) is 13.6. The number of hydrogen-bond acceptors (Lipinski definition) is 4. The molecule has 116 valence electrons. The Morgan fingerprint density at radius 2 is 2.05 bits per heavy atom. The van der Waals surface area contributed by atoms with Gasteiger partial charge in [-0.2, -0.15) is 0 Å². The summed E-state index contributed by atoms with van der Waals surface area (Å²) in [7, 11) is 0. The highest BCUT2D eigenvalue weighted by Crippen LogP contribution is 2.28. The summed E-state index contributed by atoms with van der Waals surface area (Å²) in [6.45, 7) is 6.38. The molecule has 0 atom stereocenters. The number of rotatable bonds is 7. The van der Waals surface area contributed by atoms with E-state index >= 15 is 0 Å². The summed E-state index contributed by atoms with van der Waals surface area (Å²) < 4.78 is 0. The first-order chi connectivity index (χ1) is 9.76. The second-order valence-electron chi connectivity index (χ2n) is 5.96. The molecule has 1 aromatic rings. The first-order valence-electron chi connectivity index (χ1n) is 7.01. The second kappa shape index (κ2) is 7.17. The standard InChI is InChI=1S/C15H23N3O3/c1-11-12(5-4-6-13(11)18(20)21)17-14(19)7-8-15(2,3)9-10-16/h4-6H,7-10,16H2,1-3H3,(H,17,19). The van der Waals surface area contributed by atoms with E-state index in [0.717, 1.165) is 12.8 Å². The first kappa shape index (κ1) is 17.1. The maximum Gasteiger partial charge on any atom is 0.274 e. The lowest BCUT2D eigenvalue weighted by atomic mass is 9.84. The Hall–Kier alpha value is -1.95. The quantitative estimate of drug-likeness (QED) is 0.596. The number of amides is 1. The highest BCUT2D eigenvalue weighted by molar-refractivity contribution is 5.92. The van der Waals surface area contributed by atoms with Crippen molar-refractivity contribution in [2.75, 3.05) is 11.9 Å². The van der Waals surface area contributed by atoms with E-state index in [2.05, 4.69) is 19.2 Å². The Morgan fingerprint density at radius 3 is 2.62 bits per heavy atom. The summed E-state index contributed by atoms with van der Waals surface area (Å²) in [4.78, 5) is 22.4. The number of carbonyl (C=O) groups excluding carboxylic acids is 1. The number of nitro groups is 1. The Bertz CT molecular complexity index is 527. The highest BCUT2D eigenvalue weighted by atomic mass is 16.6. The fraction of sp³-hybridized carbons (Fsp3) is 0.533. The number of nitrogens with zero attached hydrogens (tertiary/aromatic N) is 1. The number of nitrogens with one attached hydrogen (secondary N) is 1. The van der Waals surface area contributed by atoms with Gasteiger partial charge in [-0.3, -0.25) is 14.9 Å². The Balaban J connectivity index is 2.68. The minimum absolute atomic E-state index is 0.0104. The number of hydrogen-bond donors (Lipinski definition) is 2. The van der Waals surface area contributed by atoms with Gasteiger partial charge in [0, 0.05) is 12.5 Å². The predicted molar refractivity (Wildman–Crippen MR) is 83.1 cm³/mol. The average Bonchev–Trinajstić information content (AvgIpc) is 2.38. The Kier molecular flexibility index (Phi) is 5.84. The van der Waals surface area contributed by atoms with Gasteiger partial charge in [0.15, 0.2) is 0 Å². The van der Waals surface area contributed by atoms with E-state index in [0.29, 0.717) is 24.2 Å². The molecule has 0 bridgehead atoms. The molecule has 0 aliphatic carbocycles. The zero-order valence-electron chi connectivity index (χ0n) is 12.8. The number of anilines is 1. The van der Waals surface area contributed by atoms with Crippen LogP contribution in [0, 0.1) is 22.5 Å². The number of carbonyl (C=O) groups is 1. The van der Waals surface area contributed by atoms with E-state index in [1.165, 1.54) is 6.07 Å². The number of nitrogens with two attached hydrogens (primary N) is 1. The molecular weight excluding hydrogens is 270 g/mol. The maximum atomic E-state index is 12.0. The van der Waals surface area contributed by atoms with Crippen molar-refractivity contribution < 1.29 is 9.72 Å². The van der Waals surface area contributed by atoms with Crippen molar-refractivity contribution >= 4 is 17.3 Å². The highest BCUT2D eigenvalue weighted by Gasteiger charge is 2.19. The van der Waals surface area contributed by atoms with Gasteiger partial charge in [0.2, 0.25) is 5.91 Å². The molecule has 1 aromatic carbocycles. The van der Waals surface area contributed by atoms with Crippen LogP contribution in [0.5, 0.6) is 0 Å². The fourth-order valence-corrected chi connectivity index (χ4v) is 2.14. The van der Waals surface area contributed by atoms with Crippen LogP contribution < -0.4 is 11.1 Å². The third kappa shape index (κ3) is 5.15. The number of nitro benzene ring substituents is 1. The van der Waals surface area contributed by atoms with E-state index < -0.39 is 4.92 Å². The van der Waals surface area contributed by atoms with Crippen LogP contribution in [0.2, 0.25) is 0 Å². The molecule has 3 N–H and O–H groups in total. The zero-order chi connectivity index (χ0) is 16.0. The summed E-state index contributed by atoms with van der Waals surface area (Å²) in [6, 6.07) is 4.67. The van der Waals surface area contributed by atoms with Gasteiger partial charge < -0.3 is 11.1 Å². The average molecular weight is 293 g/mol. The molecule has 0 unspecified atom stereocenters. The minimum atomic E-state index is -0.449. The molecule has 1 amide bonds. The monoisotopic (exact) mass is 293 g/mol. The van der Waals surface area contributed by atoms with Gasteiger partial charge in [-0.25, -0.2) is 0 Å². The van der Waals surface area contributed by atoms with Gasteiger partial charge >= 0.3 is 0 Å². The molecule has 0 aliphatic heterocycles. The van der Waals surface area contributed by atoms with Gasteiger partial charge in [0.05, 0.1) is 16.2 Å². The number of benzene rings is 1. The minimum Gasteiger partial charge on any atom is -0.330 e. The maximum absolute atomic E-state index is 12.0. The Labute approximate surface area is 124 Å². The van der Waals surface area contributed by atoms with Gasteiger partial charge in [-0.1, -0.05) is 19.9 Å². The van der Waals surface area contributed by atoms with Crippen molar-refractivity contribution in [1.29, 1.82) is 0 Å². The molecule has 0 spiro atoms. The zero-order valence-corrected chi connectivity index (χ0v) is 12.8. The van der Waals surface area contributed by atoms with Gasteiger partial charge in [-0.05, 0) is 37.8 Å². The van der Waals surface area contributed by atoms with E-state index in [1.54, 1.807) is 19.1 Å². The summed E-state index contributed by atoms with van der Waals surface area (Å²) in [5.41, 5.74) is 6.53. The molecule has 6 nitrogen and oxygen atoms in total. The van der Waals surface area contributed by atoms with E-state index in [4.69, 9.17) is 5.73 Å². The third-order valence-corrected chi connectivity index (χ3v) is 3.63. The molecule has 0 radical (unpaired) electrons. The lowest BCUT2D eigenvalue weighted by Crippen LogP contribution is -2.21. The van der Waals surface area contributed by atoms with Crippen LogP contribution in [-0.4, -0.2) is 17.4 Å². The molecule has 21 heavy (non-hydrogen) atoms. The lowest BCUT2D eigenvalue weighted by Gasteiger charge is -2.23. The van der Waals surface area contributed by atoms with Crippen LogP contribution in [0.1, 0.15) is 38.7 Å². The van der Waals surface area contributed by atoms with Crippen molar-refractivity contribution in [2.45, 2.75) is 40.0 Å². The van der Waals surface area contributed by atoms with Crippen molar-refractivity contribution in [3.63, 3.8) is 0 Å². The van der Waals surface area contributed by atoms with Gasteiger partial charge in [0.25, 0.3) is 5.69 Å². The van der Waals surface area contributed by atoms with E-state index in [-0.39, 0.29) is 17.0 Å². The van der Waals surface area contributed by atoms with Crippen LogP contribution >= 0.6 is 0 Å². The molecule has 0 saturated heterocycles. The summed E-state index contributed by atoms with van der Waals surface area (Å²) in [5.74, 6) is -0.135. The van der Waals surface area contributed by atoms with E-state index in [1.807, 2.05) is 0 Å². The smallest absolute Gasteiger partial charge is 0.274 e. The molecule has 0 heterocycles. The van der Waals surface area contributed by atoms with Crippen molar-refractivity contribution in [3.8, 4) is 0 Å². The SMILES string of the molecule is Cc1c(NC(=O)CCC(C)(C)CCN)cccc1[N+](=O)[O-]. The molecule has 0 aromatic heterocycles. The molecule has 0 aliphatic rings. The van der Waals surface area contributed by atoms with Crippen LogP contribution in [0.4, 0.5) is 11.4 Å². The van der Waals surface area contributed by atoms with Crippen molar-refractivity contribution in [1.82, 2.24) is 0 Å². The van der Waals surface area contributed by atoms with Gasteiger partial charge in [-0.15, -0.1) is 0 Å². The van der Waals surface area contributed by atoms with Crippen LogP contribution in [-0.2, 0) is 4.79 Å². The normalized spacial score (nSPS) is 11.2. The lowest BCUT2D eigenvalue weighted by molar-refractivity contribution is -0.385.